The van der Waals surface area contributed by atoms with Crippen molar-refractivity contribution in [1.29, 1.82) is 0 Å². The summed E-state index contributed by atoms with van der Waals surface area (Å²) in [6, 6.07) is 9.67. The average Bonchev–Trinajstić information content (AvgIpc) is 2.54. The first-order valence-corrected chi connectivity index (χ1v) is 7.68. The van der Waals surface area contributed by atoms with Gasteiger partial charge in [0.25, 0.3) is 5.91 Å². The fourth-order valence-electron chi connectivity index (χ4n) is 2.51. The van der Waals surface area contributed by atoms with Gasteiger partial charge in [-0.05, 0) is 37.6 Å². The molecule has 0 radical (unpaired) electrons. The van der Waals surface area contributed by atoms with E-state index in [4.69, 9.17) is 4.74 Å². The molecule has 0 atom stereocenters. The van der Waals surface area contributed by atoms with Gasteiger partial charge in [-0.3, -0.25) is 4.79 Å². The smallest absolute Gasteiger partial charge is 0.272 e. The normalized spacial score (nSPS) is 14.6. The average molecular weight is 312 g/mol. The Morgan fingerprint density at radius 2 is 1.96 bits per heavy atom. The van der Waals surface area contributed by atoms with Crippen LogP contribution in [-0.2, 0) is 4.74 Å². The maximum Gasteiger partial charge on any atom is 0.272 e. The number of hydrogen-bond donors (Lipinski definition) is 1. The molecule has 1 aliphatic heterocycles. The molecular formula is C17H20N4O2. The number of carbonyl (C=O) groups excluding carboxylic acids is 1. The summed E-state index contributed by atoms with van der Waals surface area (Å²) in [5.74, 6) is 0.360. The number of nitrogens with one attached hydrogen (secondary N) is 1. The number of ether oxygens (including phenoxy) is 1. The fraction of sp³-hybridized carbons (Fsp3) is 0.353. The van der Waals surface area contributed by atoms with Crippen molar-refractivity contribution < 1.29 is 9.53 Å². The molecule has 6 heteroatoms. The van der Waals surface area contributed by atoms with Crippen molar-refractivity contribution in [2.75, 3.05) is 31.6 Å². The van der Waals surface area contributed by atoms with E-state index in [9.17, 15) is 4.79 Å². The molecule has 0 unspecified atom stereocenters. The second-order valence-corrected chi connectivity index (χ2v) is 5.62. The topological polar surface area (TPSA) is 67.4 Å². The standard InChI is InChI=1S/C17H20N4O2/c1-12-4-3-5-14(10-12)19-17-18-13(2)11-15(20-17)16(22)21-6-8-23-9-7-21/h3-5,10-11H,6-9H2,1-2H3,(H,18,19,20). The van der Waals surface area contributed by atoms with Gasteiger partial charge in [-0.15, -0.1) is 0 Å². The lowest BCUT2D eigenvalue weighted by Gasteiger charge is -2.26. The molecule has 120 valence electrons. The number of aromatic nitrogens is 2. The minimum absolute atomic E-state index is 0.0777. The Hall–Kier alpha value is -2.47. The molecule has 3 rings (SSSR count). The predicted octanol–water partition coefficient (Wildman–Crippen LogP) is 2.31. The fourth-order valence-corrected chi connectivity index (χ4v) is 2.51. The molecule has 6 nitrogen and oxygen atoms in total. The summed E-state index contributed by atoms with van der Waals surface area (Å²) in [4.78, 5) is 23.1. The second-order valence-electron chi connectivity index (χ2n) is 5.62. The molecule has 1 saturated heterocycles. The highest BCUT2D eigenvalue weighted by Crippen LogP contribution is 2.16. The van der Waals surface area contributed by atoms with Gasteiger partial charge in [0.2, 0.25) is 5.95 Å². The molecular weight excluding hydrogens is 292 g/mol. The van der Waals surface area contributed by atoms with E-state index in [2.05, 4.69) is 15.3 Å². The molecule has 23 heavy (non-hydrogen) atoms. The van der Waals surface area contributed by atoms with Crippen LogP contribution in [0, 0.1) is 13.8 Å². The Bertz CT molecular complexity index is 711. The van der Waals surface area contributed by atoms with Gasteiger partial charge in [-0.1, -0.05) is 12.1 Å². The van der Waals surface area contributed by atoms with Crippen LogP contribution in [0.5, 0.6) is 0 Å². The summed E-state index contributed by atoms with van der Waals surface area (Å²) < 4.78 is 5.28. The molecule has 0 saturated carbocycles. The van der Waals surface area contributed by atoms with Gasteiger partial charge in [-0.25, -0.2) is 9.97 Å². The number of hydrogen-bond acceptors (Lipinski definition) is 5. The molecule has 1 fully saturated rings. The van der Waals surface area contributed by atoms with Crippen molar-refractivity contribution >= 4 is 17.5 Å². The van der Waals surface area contributed by atoms with Crippen LogP contribution in [0.3, 0.4) is 0 Å². The zero-order valence-electron chi connectivity index (χ0n) is 13.4. The number of nitrogens with zero attached hydrogens (tertiary/aromatic N) is 3. The molecule has 1 amide bonds. The van der Waals surface area contributed by atoms with E-state index >= 15 is 0 Å². The van der Waals surface area contributed by atoms with Crippen molar-refractivity contribution in [3.05, 3.63) is 47.3 Å². The molecule has 0 aliphatic carbocycles. The van der Waals surface area contributed by atoms with E-state index in [1.807, 2.05) is 38.1 Å². The Balaban J connectivity index is 1.82. The van der Waals surface area contributed by atoms with Gasteiger partial charge in [0, 0.05) is 24.5 Å². The van der Waals surface area contributed by atoms with E-state index in [1.165, 1.54) is 0 Å². The molecule has 1 aromatic heterocycles. The summed E-state index contributed by atoms with van der Waals surface area (Å²) in [7, 11) is 0. The SMILES string of the molecule is Cc1cccc(Nc2nc(C)cc(C(=O)N3CCOCC3)n2)c1. The first-order valence-electron chi connectivity index (χ1n) is 7.68. The van der Waals surface area contributed by atoms with Crippen molar-refractivity contribution in [2.24, 2.45) is 0 Å². The van der Waals surface area contributed by atoms with Gasteiger partial charge >= 0.3 is 0 Å². The molecule has 2 aromatic rings. The van der Waals surface area contributed by atoms with Crippen LogP contribution in [0.4, 0.5) is 11.6 Å². The summed E-state index contributed by atoms with van der Waals surface area (Å²) in [6.45, 7) is 6.23. The van der Waals surface area contributed by atoms with Crippen LogP contribution in [0.25, 0.3) is 0 Å². The minimum atomic E-state index is -0.0777. The van der Waals surface area contributed by atoms with Crippen LogP contribution in [-0.4, -0.2) is 47.1 Å². The number of morpholine rings is 1. The Kier molecular flexibility index (Phi) is 4.52. The van der Waals surface area contributed by atoms with Crippen LogP contribution in [0.2, 0.25) is 0 Å². The molecule has 1 aromatic carbocycles. The van der Waals surface area contributed by atoms with Crippen LogP contribution in [0.15, 0.2) is 30.3 Å². The van der Waals surface area contributed by atoms with Crippen molar-refractivity contribution in [1.82, 2.24) is 14.9 Å². The van der Waals surface area contributed by atoms with Crippen LogP contribution in [0.1, 0.15) is 21.7 Å². The molecule has 2 heterocycles. The zero-order chi connectivity index (χ0) is 16.2. The van der Waals surface area contributed by atoms with E-state index < -0.39 is 0 Å². The van der Waals surface area contributed by atoms with Crippen molar-refractivity contribution in [3.63, 3.8) is 0 Å². The quantitative estimate of drug-likeness (QED) is 0.942. The number of benzene rings is 1. The summed E-state index contributed by atoms with van der Waals surface area (Å²) >= 11 is 0. The van der Waals surface area contributed by atoms with E-state index in [-0.39, 0.29) is 5.91 Å². The van der Waals surface area contributed by atoms with Gasteiger partial charge in [0.1, 0.15) is 5.69 Å². The first-order chi connectivity index (χ1) is 11.1. The van der Waals surface area contributed by atoms with Crippen molar-refractivity contribution in [2.45, 2.75) is 13.8 Å². The zero-order valence-corrected chi connectivity index (χ0v) is 13.4. The lowest BCUT2D eigenvalue weighted by Crippen LogP contribution is -2.41. The summed E-state index contributed by atoms with van der Waals surface area (Å²) in [6.07, 6.45) is 0. The monoisotopic (exact) mass is 312 g/mol. The highest BCUT2D eigenvalue weighted by molar-refractivity contribution is 5.92. The highest BCUT2D eigenvalue weighted by atomic mass is 16.5. The Morgan fingerprint density at radius 3 is 2.70 bits per heavy atom. The lowest BCUT2D eigenvalue weighted by atomic mass is 10.2. The van der Waals surface area contributed by atoms with Crippen LogP contribution >= 0.6 is 0 Å². The van der Waals surface area contributed by atoms with Gasteiger partial charge in [0.15, 0.2) is 0 Å². The maximum absolute atomic E-state index is 12.6. The minimum Gasteiger partial charge on any atom is -0.378 e. The van der Waals surface area contributed by atoms with E-state index in [1.54, 1.807) is 11.0 Å². The maximum atomic E-state index is 12.6. The summed E-state index contributed by atoms with van der Waals surface area (Å²) in [5.41, 5.74) is 3.22. The second kappa shape index (κ2) is 6.75. The number of carbonyl (C=O) groups is 1. The Morgan fingerprint density at radius 1 is 1.17 bits per heavy atom. The lowest BCUT2D eigenvalue weighted by molar-refractivity contribution is 0.0299. The third-order valence-corrected chi connectivity index (χ3v) is 3.65. The highest BCUT2D eigenvalue weighted by Gasteiger charge is 2.20. The van der Waals surface area contributed by atoms with Crippen molar-refractivity contribution in [3.8, 4) is 0 Å². The summed E-state index contributed by atoms with van der Waals surface area (Å²) in [5, 5.41) is 3.17. The number of aryl methyl sites for hydroxylation is 2. The van der Waals surface area contributed by atoms with E-state index in [0.29, 0.717) is 37.9 Å². The Labute approximate surface area is 135 Å². The third kappa shape index (κ3) is 3.84. The van der Waals surface area contributed by atoms with E-state index in [0.717, 1.165) is 16.9 Å². The van der Waals surface area contributed by atoms with Gasteiger partial charge in [-0.2, -0.15) is 0 Å². The third-order valence-electron chi connectivity index (χ3n) is 3.65. The number of amides is 1. The molecule has 0 spiro atoms. The van der Waals surface area contributed by atoms with Crippen LogP contribution < -0.4 is 5.32 Å². The first kappa shape index (κ1) is 15.4. The molecule has 1 aliphatic rings. The van der Waals surface area contributed by atoms with Gasteiger partial charge in [0.05, 0.1) is 13.2 Å². The predicted molar refractivity (Wildman–Crippen MR) is 88.0 cm³/mol. The van der Waals surface area contributed by atoms with Gasteiger partial charge < -0.3 is 15.0 Å². The number of anilines is 2. The number of rotatable bonds is 3. The molecule has 1 N–H and O–H groups in total. The largest absolute Gasteiger partial charge is 0.378 e. The molecule has 0 bridgehead atoms.